The summed E-state index contributed by atoms with van der Waals surface area (Å²) >= 11 is 0. The molecule has 0 radical (unpaired) electrons. The molecular formula is C29H29N3O6S. The number of fused-ring (bicyclic) bond motifs is 1. The van der Waals surface area contributed by atoms with E-state index in [0.717, 1.165) is 21.0 Å². The topological polar surface area (TPSA) is 113 Å². The van der Waals surface area contributed by atoms with E-state index in [9.17, 15) is 18.3 Å². The maximum absolute atomic E-state index is 13.5. The molecule has 9 nitrogen and oxygen atoms in total. The summed E-state index contributed by atoms with van der Waals surface area (Å²) in [5.74, 6) is 0.430. The molecule has 1 aliphatic heterocycles. The summed E-state index contributed by atoms with van der Waals surface area (Å²) in [5.41, 5.74) is 4.77. The molecule has 10 heteroatoms. The average Bonchev–Trinajstić information content (AvgIpc) is 3.51. The average molecular weight is 548 g/mol. The van der Waals surface area contributed by atoms with Gasteiger partial charge in [-0.15, -0.1) is 0 Å². The number of benzene rings is 3. The fraction of sp³-hybridized carbons (Fsp3) is 0.241. The molecule has 3 aromatic carbocycles. The van der Waals surface area contributed by atoms with Crippen LogP contribution in [0.25, 0.3) is 11.5 Å². The normalized spacial score (nSPS) is 13.1. The van der Waals surface area contributed by atoms with E-state index >= 15 is 0 Å². The van der Waals surface area contributed by atoms with Crippen LogP contribution in [0.15, 0.2) is 77.2 Å². The predicted octanol–water partition coefficient (Wildman–Crippen LogP) is 4.73. The second-order valence-electron chi connectivity index (χ2n) is 9.44. The van der Waals surface area contributed by atoms with Gasteiger partial charge in [0, 0.05) is 18.7 Å². The second kappa shape index (κ2) is 10.9. The fourth-order valence-electron chi connectivity index (χ4n) is 4.53. The number of carbonyl (C=O) groups is 1. The van der Waals surface area contributed by atoms with Gasteiger partial charge in [-0.05, 0) is 61.7 Å². The Kier molecular flexibility index (Phi) is 7.40. The lowest BCUT2D eigenvalue weighted by Gasteiger charge is -2.28. The molecule has 0 fully saturated rings. The third kappa shape index (κ3) is 5.81. The van der Waals surface area contributed by atoms with Crippen molar-refractivity contribution in [1.29, 1.82) is 0 Å². The van der Waals surface area contributed by atoms with Crippen molar-refractivity contribution in [1.82, 2.24) is 9.29 Å². The van der Waals surface area contributed by atoms with Crippen LogP contribution in [0.4, 0.5) is 5.69 Å². The molecular weight excluding hydrogens is 518 g/mol. The van der Waals surface area contributed by atoms with Gasteiger partial charge in [-0.2, -0.15) is 12.7 Å². The number of anilines is 1. The zero-order chi connectivity index (χ0) is 27.6. The minimum atomic E-state index is -4.08. The van der Waals surface area contributed by atoms with Gasteiger partial charge in [-0.1, -0.05) is 48.0 Å². The van der Waals surface area contributed by atoms with Crippen LogP contribution in [-0.4, -0.2) is 41.9 Å². The van der Waals surface area contributed by atoms with Crippen molar-refractivity contribution in [2.75, 3.05) is 17.4 Å². The lowest BCUT2D eigenvalue weighted by atomic mass is 10.1. The minimum Gasteiger partial charge on any atom is -0.487 e. The highest BCUT2D eigenvalue weighted by molar-refractivity contribution is 7.90. The Morgan fingerprint density at radius 2 is 1.85 bits per heavy atom. The largest absolute Gasteiger partial charge is 0.487 e. The van der Waals surface area contributed by atoms with E-state index in [1.807, 2.05) is 50.2 Å². The van der Waals surface area contributed by atoms with Crippen LogP contribution in [0, 0.1) is 13.8 Å². The van der Waals surface area contributed by atoms with E-state index < -0.39 is 22.7 Å². The molecule has 202 valence electrons. The number of hydrogen-bond donors (Lipinski definition) is 1. The fourth-order valence-corrected chi connectivity index (χ4v) is 6.14. The van der Waals surface area contributed by atoms with E-state index in [2.05, 4.69) is 4.98 Å². The van der Waals surface area contributed by atoms with Gasteiger partial charge in [0.05, 0.1) is 5.69 Å². The maximum atomic E-state index is 13.5. The number of para-hydroxylation sites is 1. The molecule has 0 spiro atoms. The van der Waals surface area contributed by atoms with Gasteiger partial charge < -0.3 is 14.3 Å². The van der Waals surface area contributed by atoms with Gasteiger partial charge in [0.15, 0.2) is 0 Å². The molecule has 0 saturated heterocycles. The van der Waals surface area contributed by atoms with Crippen molar-refractivity contribution >= 4 is 21.9 Å². The van der Waals surface area contributed by atoms with E-state index in [4.69, 9.17) is 9.15 Å². The Bertz CT molecular complexity index is 1600. The third-order valence-corrected chi connectivity index (χ3v) is 8.43. The molecule has 1 aliphatic rings. The number of ether oxygens (including phenoxy) is 1. The Labute approximate surface area is 227 Å². The van der Waals surface area contributed by atoms with Crippen LogP contribution in [0.2, 0.25) is 0 Å². The number of carboxylic acid groups (broad SMARTS) is 1. The first kappa shape index (κ1) is 26.5. The highest BCUT2D eigenvalue weighted by atomic mass is 32.2. The van der Waals surface area contributed by atoms with E-state index in [-0.39, 0.29) is 19.7 Å². The first-order valence-corrected chi connectivity index (χ1v) is 13.9. The number of oxazole rings is 1. The lowest BCUT2D eigenvalue weighted by Crippen LogP contribution is -2.45. The van der Waals surface area contributed by atoms with Crippen molar-refractivity contribution in [3.05, 3.63) is 101 Å². The number of carboxylic acids is 1. The van der Waals surface area contributed by atoms with Gasteiger partial charge in [-0.3, -0.25) is 9.10 Å². The van der Waals surface area contributed by atoms with Crippen molar-refractivity contribution in [3.63, 3.8) is 0 Å². The third-order valence-electron chi connectivity index (χ3n) is 6.59. The molecule has 0 bridgehead atoms. The maximum Gasteiger partial charge on any atom is 0.318 e. The Hall–Kier alpha value is -4.15. The molecule has 1 N–H and O–H groups in total. The Morgan fingerprint density at radius 1 is 1.08 bits per heavy atom. The van der Waals surface area contributed by atoms with Crippen LogP contribution in [0.5, 0.6) is 5.75 Å². The van der Waals surface area contributed by atoms with Crippen LogP contribution in [0.3, 0.4) is 0 Å². The molecule has 4 aromatic rings. The molecule has 39 heavy (non-hydrogen) atoms. The Morgan fingerprint density at radius 3 is 2.62 bits per heavy atom. The quantitative estimate of drug-likeness (QED) is 0.305. The van der Waals surface area contributed by atoms with E-state index in [1.165, 1.54) is 4.31 Å². The SMILES string of the molecule is Cc1ccc(-c2nc(COc3cccc(CN(CC(=O)O)S(=O)(=O)N4CCc5ccccc54)c3)c(C)o2)cc1. The van der Waals surface area contributed by atoms with Crippen molar-refractivity contribution < 1.29 is 27.5 Å². The lowest BCUT2D eigenvalue weighted by molar-refractivity contribution is -0.137. The minimum absolute atomic E-state index is 0.120. The highest BCUT2D eigenvalue weighted by Gasteiger charge is 2.35. The van der Waals surface area contributed by atoms with Crippen molar-refractivity contribution in [3.8, 4) is 17.2 Å². The molecule has 0 unspecified atom stereocenters. The van der Waals surface area contributed by atoms with Gasteiger partial charge in [0.1, 0.15) is 30.4 Å². The summed E-state index contributed by atoms with van der Waals surface area (Å²) < 4.78 is 41.1. The van der Waals surface area contributed by atoms with E-state index in [1.54, 1.807) is 36.4 Å². The predicted molar refractivity (Wildman–Crippen MR) is 147 cm³/mol. The number of aromatic nitrogens is 1. The number of aliphatic carboxylic acids is 1. The van der Waals surface area contributed by atoms with Gasteiger partial charge in [0.25, 0.3) is 0 Å². The van der Waals surface area contributed by atoms with Crippen LogP contribution in [-0.2, 0) is 34.6 Å². The standard InChI is InChI=1S/C29H29N3O6S/c1-20-10-12-24(13-11-20)29-30-26(21(2)38-29)19-37-25-8-5-6-22(16-25)17-31(18-28(33)34)39(35,36)32-15-14-23-7-3-4-9-27(23)32/h3-13,16H,14-15,17-19H2,1-2H3,(H,33,34). The molecule has 5 rings (SSSR count). The molecule has 0 saturated carbocycles. The number of hydrogen-bond acceptors (Lipinski definition) is 6. The first-order valence-electron chi connectivity index (χ1n) is 12.5. The zero-order valence-corrected chi connectivity index (χ0v) is 22.5. The first-order chi connectivity index (χ1) is 18.7. The summed E-state index contributed by atoms with van der Waals surface area (Å²) in [5, 5.41) is 9.49. The number of rotatable bonds is 10. The molecule has 1 aromatic heterocycles. The van der Waals surface area contributed by atoms with E-state index in [0.29, 0.717) is 40.8 Å². The van der Waals surface area contributed by atoms with Gasteiger partial charge in [-0.25, -0.2) is 4.98 Å². The van der Waals surface area contributed by atoms with Crippen LogP contribution >= 0.6 is 0 Å². The molecule has 2 heterocycles. The summed E-state index contributed by atoms with van der Waals surface area (Å²) in [6, 6.07) is 22.1. The van der Waals surface area contributed by atoms with Gasteiger partial charge >= 0.3 is 16.2 Å². The van der Waals surface area contributed by atoms with Crippen molar-refractivity contribution in [2.24, 2.45) is 0 Å². The molecule has 0 aliphatic carbocycles. The summed E-state index contributed by atoms with van der Waals surface area (Å²) in [4.78, 5) is 16.2. The van der Waals surface area contributed by atoms with Crippen LogP contribution < -0.4 is 9.04 Å². The smallest absolute Gasteiger partial charge is 0.318 e. The highest BCUT2D eigenvalue weighted by Crippen LogP contribution is 2.32. The summed E-state index contributed by atoms with van der Waals surface area (Å²) in [7, 11) is -4.08. The monoisotopic (exact) mass is 547 g/mol. The number of aryl methyl sites for hydroxylation is 2. The molecule has 0 atom stereocenters. The molecule has 0 amide bonds. The van der Waals surface area contributed by atoms with Crippen LogP contribution in [0.1, 0.15) is 28.1 Å². The Balaban J connectivity index is 1.31. The summed E-state index contributed by atoms with van der Waals surface area (Å²) in [6.07, 6.45) is 0.576. The number of nitrogens with zero attached hydrogens (tertiary/aromatic N) is 3. The van der Waals surface area contributed by atoms with Gasteiger partial charge in [0.2, 0.25) is 5.89 Å². The zero-order valence-electron chi connectivity index (χ0n) is 21.7. The van der Waals surface area contributed by atoms with Crippen molar-refractivity contribution in [2.45, 2.75) is 33.4 Å². The second-order valence-corrected chi connectivity index (χ2v) is 11.3. The summed E-state index contributed by atoms with van der Waals surface area (Å²) in [6.45, 7) is 3.48.